The maximum atomic E-state index is 13.2. The third-order valence-electron chi connectivity index (χ3n) is 4.63. The number of hydrogen-bond acceptors (Lipinski definition) is 2. The largest absolute Gasteiger partial charge is 0.244 e. The molecule has 0 aromatic heterocycles. The van der Waals surface area contributed by atoms with E-state index < -0.39 is 10.0 Å². The Morgan fingerprint density at radius 2 is 1.23 bits per heavy atom. The molecule has 0 fully saturated rings. The van der Waals surface area contributed by atoms with Crippen molar-refractivity contribution in [2.75, 3.05) is 13.1 Å². The maximum absolute atomic E-state index is 13.2. The molecule has 0 heterocycles. The molecule has 0 unspecified atom stereocenters. The average molecular weight is 428 g/mol. The Bertz CT molecular complexity index is 1250. The van der Waals surface area contributed by atoms with Crippen LogP contribution in [0.25, 0.3) is 0 Å². The van der Waals surface area contributed by atoms with Crippen LogP contribution in [0.5, 0.6) is 0 Å². The fourth-order valence-electron chi connectivity index (χ4n) is 3.11. The van der Waals surface area contributed by atoms with Crippen molar-refractivity contribution in [3.05, 3.63) is 101 Å². The molecule has 0 amide bonds. The molecular weight excluding hydrogens is 402 g/mol. The van der Waals surface area contributed by atoms with E-state index in [-0.39, 0.29) is 18.0 Å². The van der Waals surface area contributed by atoms with E-state index in [1.54, 1.807) is 24.3 Å². The highest BCUT2D eigenvalue weighted by atomic mass is 32.2. The summed E-state index contributed by atoms with van der Waals surface area (Å²) in [5.74, 6) is 12.1. The summed E-state index contributed by atoms with van der Waals surface area (Å²) in [6, 6.07) is 22.4. The smallest absolute Gasteiger partial charge is 0.207 e. The van der Waals surface area contributed by atoms with Crippen LogP contribution in [-0.2, 0) is 10.0 Å². The highest BCUT2D eigenvalue weighted by Gasteiger charge is 2.22. The molecule has 0 saturated heterocycles. The van der Waals surface area contributed by atoms with Crippen LogP contribution in [0.3, 0.4) is 0 Å². The summed E-state index contributed by atoms with van der Waals surface area (Å²) < 4.78 is 27.8. The summed E-state index contributed by atoms with van der Waals surface area (Å²) >= 11 is 0. The molecule has 0 N–H and O–H groups in total. The lowest BCUT2D eigenvalue weighted by atomic mass is 10.1. The van der Waals surface area contributed by atoms with Gasteiger partial charge in [-0.05, 0) is 68.3 Å². The Balaban J connectivity index is 1.88. The summed E-state index contributed by atoms with van der Waals surface area (Å²) in [5, 5.41) is 0. The predicted octanol–water partition coefficient (Wildman–Crippen LogP) is 4.71. The van der Waals surface area contributed by atoms with E-state index >= 15 is 0 Å². The zero-order valence-corrected chi connectivity index (χ0v) is 18.8. The van der Waals surface area contributed by atoms with E-state index in [4.69, 9.17) is 0 Å². The Labute approximate surface area is 185 Å². The second-order valence-electron chi connectivity index (χ2n) is 7.43. The van der Waals surface area contributed by atoms with Crippen molar-refractivity contribution in [3.63, 3.8) is 0 Å². The molecule has 0 spiro atoms. The Hall–Kier alpha value is -3.31. The molecule has 3 aromatic rings. The maximum Gasteiger partial charge on any atom is 0.244 e. The third-order valence-corrected chi connectivity index (χ3v) is 6.44. The van der Waals surface area contributed by atoms with Crippen molar-refractivity contribution in [3.8, 4) is 23.7 Å². The quantitative estimate of drug-likeness (QED) is 0.566. The van der Waals surface area contributed by atoms with Crippen LogP contribution in [0.15, 0.2) is 77.7 Å². The van der Waals surface area contributed by atoms with E-state index in [0.717, 1.165) is 27.8 Å². The number of sulfonamides is 1. The van der Waals surface area contributed by atoms with Crippen LogP contribution in [0.2, 0.25) is 0 Å². The van der Waals surface area contributed by atoms with Crippen LogP contribution in [-0.4, -0.2) is 25.8 Å². The molecule has 0 aliphatic rings. The lowest BCUT2D eigenvalue weighted by Crippen LogP contribution is -2.32. The zero-order chi connectivity index (χ0) is 22.3. The summed E-state index contributed by atoms with van der Waals surface area (Å²) in [7, 11) is -3.71. The summed E-state index contributed by atoms with van der Waals surface area (Å²) in [5.41, 5.74) is 4.98. The molecule has 31 heavy (non-hydrogen) atoms. The van der Waals surface area contributed by atoms with Gasteiger partial charge in [-0.25, -0.2) is 8.42 Å². The minimum absolute atomic E-state index is 0.0621. The minimum Gasteiger partial charge on any atom is -0.207 e. The summed E-state index contributed by atoms with van der Waals surface area (Å²) in [6.45, 7) is 6.09. The molecule has 0 aliphatic heterocycles. The van der Waals surface area contributed by atoms with Crippen LogP contribution in [0.1, 0.15) is 27.8 Å². The molecule has 156 valence electrons. The highest BCUT2D eigenvalue weighted by molar-refractivity contribution is 7.89. The van der Waals surface area contributed by atoms with E-state index in [9.17, 15) is 8.42 Å². The number of hydrogen-bond donors (Lipinski definition) is 0. The van der Waals surface area contributed by atoms with Gasteiger partial charge in [-0.3, -0.25) is 0 Å². The first kappa shape index (κ1) is 22.4. The molecule has 3 nitrogen and oxygen atoms in total. The lowest BCUT2D eigenvalue weighted by molar-refractivity contribution is 0.482. The van der Waals surface area contributed by atoms with Gasteiger partial charge in [0.2, 0.25) is 10.0 Å². The van der Waals surface area contributed by atoms with Crippen molar-refractivity contribution in [2.24, 2.45) is 0 Å². The molecule has 3 rings (SSSR count). The monoisotopic (exact) mass is 427 g/mol. The first-order valence-corrected chi connectivity index (χ1v) is 11.5. The summed E-state index contributed by atoms with van der Waals surface area (Å²) in [6.07, 6.45) is 0. The van der Waals surface area contributed by atoms with Gasteiger partial charge in [0.25, 0.3) is 0 Å². The van der Waals surface area contributed by atoms with Gasteiger partial charge in [0.1, 0.15) is 0 Å². The highest BCUT2D eigenvalue weighted by Crippen LogP contribution is 2.16. The SMILES string of the molecule is Cc1ccc(S(=O)(=O)N(CC#Cc2ccccc2)CC#Cc2cc(C)cc(C)c2)cc1. The lowest BCUT2D eigenvalue weighted by Gasteiger charge is -2.17. The predicted molar refractivity (Wildman–Crippen MR) is 126 cm³/mol. The first-order chi connectivity index (χ1) is 14.8. The minimum atomic E-state index is -3.71. The van der Waals surface area contributed by atoms with Crippen molar-refractivity contribution in [1.82, 2.24) is 4.31 Å². The molecule has 0 atom stereocenters. The first-order valence-electron chi connectivity index (χ1n) is 10.0. The molecule has 4 heteroatoms. The average Bonchev–Trinajstić information content (AvgIpc) is 2.73. The van der Waals surface area contributed by atoms with Gasteiger partial charge in [-0.2, -0.15) is 4.31 Å². The van der Waals surface area contributed by atoms with Gasteiger partial charge in [-0.1, -0.05) is 65.6 Å². The van der Waals surface area contributed by atoms with Crippen LogP contribution in [0, 0.1) is 44.5 Å². The van der Waals surface area contributed by atoms with Gasteiger partial charge in [0, 0.05) is 11.1 Å². The van der Waals surface area contributed by atoms with Gasteiger partial charge in [-0.15, -0.1) is 0 Å². The van der Waals surface area contributed by atoms with Crippen LogP contribution >= 0.6 is 0 Å². The fraction of sp³-hybridized carbons (Fsp3) is 0.185. The summed E-state index contributed by atoms with van der Waals surface area (Å²) in [4.78, 5) is 0.243. The van der Waals surface area contributed by atoms with Crippen molar-refractivity contribution >= 4 is 10.0 Å². The standard InChI is InChI=1S/C27H25NO2S/c1-22-13-15-27(16-14-22)31(29,30)28(17-7-11-25-9-5-4-6-10-25)18-8-12-26-20-23(2)19-24(3)21-26/h4-6,9-10,13-16,19-21H,17-18H2,1-3H3. The molecule has 0 saturated carbocycles. The van der Waals surface area contributed by atoms with Crippen molar-refractivity contribution in [1.29, 1.82) is 0 Å². The van der Waals surface area contributed by atoms with Crippen LogP contribution in [0.4, 0.5) is 0 Å². The topological polar surface area (TPSA) is 37.4 Å². The zero-order valence-electron chi connectivity index (χ0n) is 18.0. The van der Waals surface area contributed by atoms with Gasteiger partial charge < -0.3 is 0 Å². The van der Waals surface area contributed by atoms with E-state index in [0.29, 0.717) is 0 Å². The van der Waals surface area contributed by atoms with E-state index in [1.807, 2.05) is 63.2 Å². The molecular formula is C27H25NO2S. The van der Waals surface area contributed by atoms with Gasteiger partial charge in [0.15, 0.2) is 0 Å². The van der Waals surface area contributed by atoms with E-state index in [2.05, 4.69) is 29.7 Å². The van der Waals surface area contributed by atoms with Crippen LogP contribution < -0.4 is 0 Å². The second kappa shape index (κ2) is 10.1. The fourth-order valence-corrected chi connectivity index (χ4v) is 4.36. The van der Waals surface area contributed by atoms with Crippen molar-refractivity contribution in [2.45, 2.75) is 25.7 Å². The molecule has 0 bridgehead atoms. The number of nitrogens with zero attached hydrogens (tertiary/aromatic N) is 1. The third kappa shape index (κ3) is 6.33. The second-order valence-corrected chi connectivity index (χ2v) is 9.37. The molecule has 3 aromatic carbocycles. The van der Waals surface area contributed by atoms with Gasteiger partial charge >= 0.3 is 0 Å². The van der Waals surface area contributed by atoms with E-state index in [1.165, 1.54) is 4.31 Å². The van der Waals surface area contributed by atoms with Gasteiger partial charge in [0.05, 0.1) is 18.0 Å². The molecule has 0 radical (unpaired) electrons. The molecule has 0 aliphatic carbocycles. The number of aryl methyl sites for hydroxylation is 3. The Morgan fingerprint density at radius 1 is 0.677 bits per heavy atom. The Morgan fingerprint density at radius 3 is 1.81 bits per heavy atom. The normalized spacial score (nSPS) is 10.7. The van der Waals surface area contributed by atoms with Crippen molar-refractivity contribution < 1.29 is 8.42 Å². The number of benzene rings is 3. The number of rotatable bonds is 4. The Kier molecular flexibility index (Phi) is 7.32.